The first-order chi connectivity index (χ1) is 11.7. The molecule has 3 rings (SSSR count). The van der Waals surface area contributed by atoms with E-state index in [1.165, 1.54) is 18.4 Å². The number of carbonyl (C=O) groups is 1. The van der Waals surface area contributed by atoms with Gasteiger partial charge in [0.25, 0.3) is 0 Å². The summed E-state index contributed by atoms with van der Waals surface area (Å²) >= 11 is 0. The summed E-state index contributed by atoms with van der Waals surface area (Å²) in [6, 6.07) is 14.3. The van der Waals surface area contributed by atoms with E-state index in [2.05, 4.69) is 22.0 Å². The lowest BCUT2D eigenvalue weighted by atomic mass is 10.0. The van der Waals surface area contributed by atoms with Crippen molar-refractivity contribution in [2.45, 2.75) is 25.3 Å². The Morgan fingerprint density at radius 3 is 2.58 bits per heavy atom. The summed E-state index contributed by atoms with van der Waals surface area (Å²) in [5, 5.41) is 0. The minimum absolute atomic E-state index is 0.0912. The van der Waals surface area contributed by atoms with Crippen molar-refractivity contribution in [3.63, 3.8) is 0 Å². The van der Waals surface area contributed by atoms with Crippen LogP contribution >= 0.6 is 0 Å². The lowest BCUT2D eigenvalue weighted by molar-refractivity contribution is -0.131. The van der Waals surface area contributed by atoms with Crippen LogP contribution in [-0.2, 0) is 11.2 Å². The van der Waals surface area contributed by atoms with E-state index in [9.17, 15) is 4.79 Å². The van der Waals surface area contributed by atoms with Gasteiger partial charge >= 0.3 is 0 Å². The Labute approximate surface area is 144 Å². The van der Waals surface area contributed by atoms with Gasteiger partial charge in [0.1, 0.15) is 0 Å². The number of rotatable bonds is 6. The van der Waals surface area contributed by atoms with Crippen LogP contribution in [0.3, 0.4) is 0 Å². The van der Waals surface area contributed by atoms with E-state index < -0.39 is 0 Å². The zero-order valence-corrected chi connectivity index (χ0v) is 14.3. The van der Waals surface area contributed by atoms with Gasteiger partial charge in [-0.25, -0.2) is 0 Å². The number of pyridine rings is 1. The molecule has 1 aromatic heterocycles. The topological polar surface area (TPSA) is 36.4 Å². The molecule has 0 bridgehead atoms. The molecule has 1 saturated heterocycles. The van der Waals surface area contributed by atoms with Crippen LogP contribution in [0.2, 0.25) is 0 Å². The van der Waals surface area contributed by atoms with Crippen LogP contribution in [0.15, 0.2) is 54.9 Å². The van der Waals surface area contributed by atoms with Gasteiger partial charge in [0, 0.05) is 26.0 Å². The summed E-state index contributed by atoms with van der Waals surface area (Å²) in [6.45, 7) is 3.17. The molecule has 1 fully saturated rings. The van der Waals surface area contributed by atoms with E-state index in [1.54, 1.807) is 12.4 Å². The number of hydrogen-bond donors (Lipinski definition) is 0. The van der Waals surface area contributed by atoms with E-state index in [0.717, 1.165) is 25.2 Å². The molecule has 126 valence electrons. The highest BCUT2D eigenvalue weighted by Crippen LogP contribution is 2.23. The van der Waals surface area contributed by atoms with Crippen molar-refractivity contribution in [3.8, 4) is 0 Å². The summed E-state index contributed by atoms with van der Waals surface area (Å²) in [5.74, 6) is 0.135. The Kier molecular flexibility index (Phi) is 5.59. The van der Waals surface area contributed by atoms with Crippen LogP contribution in [0.4, 0.5) is 0 Å². The molecule has 1 amide bonds. The second-order valence-electron chi connectivity index (χ2n) is 6.48. The maximum absolute atomic E-state index is 12.8. The number of hydrogen-bond acceptors (Lipinski definition) is 3. The minimum atomic E-state index is 0.0912. The molecule has 0 spiro atoms. The fourth-order valence-electron chi connectivity index (χ4n) is 3.31. The molecular formula is C20H25N3O. The van der Waals surface area contributed by atoms with Crippen LogP contribution in [-0.4, -0.2) is 47.4 Å². The number of carbonyl (C=O) groups excluding carboxylic acids is 1. The molecule has 1 aliphatic heterocycles. The fourth-order valence-corrected chi connectivity index (χ4v) is 3.31. The van der Waals surface area contributed by atoms with Gasteiger partial charge in [0.15, 0.2) is 0 Å². The van der Waals surface area contributed by atoms with Gasteiger partial charge < -0.3 is 9.80 Å². The Bertz CT molecular complexity index is 638. The summed E-state index contributed by atoms with van der Waals surface area (Å²) in [4.78, 5) is 21.3. The van der Waals surface area contributed by atoms with Crippen molar-refractivity contribution in [1.29, 1.82) is 0 Å². The number of likely N-dealkylation sites (N-methyl/N-ethyl adjacent to an activating group) is 1. The summed E-state index contributed by atoms with van der Waals surface area (Å²) in [6.07, 6.45) is 6.42. The van der Waals surface area contributed by atoms with Crippen molar-refractivity contribution >= 4 is 5.91 Å². The van der Waals surface area contributed by atoms with E-state index >= 15 is 0 Å². The monoisotopic (exact) mass is 323 g/mol. The van der Waals surface area contributed by atoms with Crippen LogP contribution in [0, 0.1) is 0 Å². The summed E-state index contributed by atoms with van der Waals surface area (Å²) in [5.41, 5.74) is 2.16. The average Bonchev–Trinajstić information content (AvgIpc) is 3.14. The van der Waals surface area contributed by atoms with Gasteiger partial charge in [0.05, 0.1) is 12.5 Å². The molecule has 1 atom stereocenters. The Morgan fingerprint density at radius 1 is 1.17 bits per heavy atom. The van der Waals surface area contributed by atoms with Crippen LogP contribution in [0.1, 0.15) is 30.0 Å². The number of likely N-dealkylation sites (tertiary alicyclic amines) is 1. The van der Waals surface area contributed by atoms with Gasteiger partial charge in [-0.1, -0.05) is 36.4 Å². The van der Waals surface area contributed by atoms with Crippen LogP contribution in [0.5, 0.6) is 0 Å². The first-order valence-corrected chi connectivity index (χ1v) is 8.66. The number of nitrogens with zero attached hydrogens (tertiary/aromatic N) is 3. The molecule has 24 heavy (non-hydrogen) atoms. The molecule has 0 saturated carbocycles. The molecule has 0 radical (unpaired) electrons. The molecule has 0 N–H and O–H groups in total. The van der Waals surface area contributed by atoms with Gasteiger partial charge in [-0.3, -0.25) is 9.78 Å². The minimum Gasteiger partial charge on any atom is -0.337 e. The standard InChI is InChI=1S/C20H25N3O/c1-22(20(24)14-17-8-7-11-21-15-17)19(16-23-12-5-6-13-23)18-9-3-2-4-10-18/h2-4,7-11,15,19H,5-6,12-14,16H2,1H3. The first kappa shape index (κ1) is 16.7. The normalized spacial score (nSPS) is 16.0. The lowest BCUT2D eigenvalue weighted by Gasteiger charge is -2.32. The predicted molar refractivity (Wildman–Crippen MR) is 95.6 cm³/mol. The van der Waals surface area contributed by atoms with E-state index in [1.807, 2.05) is 42.3 Å². The zero-order valence-electron chi connectivity index (χ0n) is 14.3. The number of amides is 1. The van der Waals surface area contributed by atoms with Gasteiger partial charge in [-0.15, -0.1) is 0 Å². The van der Waals surface area contributed by atoms with Crippen molar-refractivity contribution in [2.24, 2.45) is 0 Å². The number of benzene rings is 1. The van der Waals surface area contributed by atoms with E-state index in [4.69, 9.17) is 0 Å². The van der Waals surface area contributed by atoms with E-state index in [-0.39, 0.29) is 11.9 Å². The Morgan fingerprint density at radius 2 is 1.92 bits per heavy atom. The fraction of sp³-hybridized carbons (Fsp3) is 0.400. The quantitative estimate of drug-likeness (QED) is 0.820. The second-order valence-corrected chi connectivity index (χ2v) is 6.48. The Hall–Kier alpha value is -2.20. The third kappa shape index (κ3) is 4.20. The predicted octanol–water partition coefficient (Wildman–Crippen LogP) is 2.92. The van der Waals surface area contributed by atoms with Gasteiger partial charge in [0.2, 0.25) is 5.91 Å². The highest BCUT2D eigenvalue weighted by atomic mass is 16.2. The van der Waals surface area contributed by atoms with E-state index in [0.29, 0.717) is 6.42 Å². The molecule has 1 unspecified atom stereocenters. The maximum Gasteiger partial charge on any atom is 0.227 e. The molecule has 2 heterocycles. The molecule has 1 aliphatic rings. The summed E-state index contributed by atoms with van der Waals surface area (Å²) in [7, 11) is 1.92. The zero-order chi connectivity index (χ0) is 16.8. The van der Waals surface area contributed by atoms with Crippen molar-refractivity contribution < 1.29 is 4.79 Å². The van der Waals surface area contributed by atoms with Crippen molar-refractivity contribution in [3.05, 3.63) is 66.0 Å². The molecule has 2 aromatic rings. The van der Waals surface area contributed by atoms with Gasteiger partial charge in [-0.05, 0) is 43.1 Å². The second kappa shape index (κ2) is 8.06. The summed E-state index contributed by atoms with van der Waals surface area (Å²) < 4.78 is 0. The van der Waals surface area contributed by atoms with Crippen LogP contribution in [0.25, 0.3) is 0 Å². The third-order valence-corrected chi connectivity index (χ3v) is 4.75. The Balaban J connectivity index is 1.74. The third-order valence-electron chi connectivity index (χ3n) is 4.75. The van der Waals surface area contributed by atoms with Crippen molar-refractivity contribution in [2.75, 3.05) is 26.7 Å². The largest absolute Gasteiger partial charge is 0.337 e. The smallest absolute Gasteiger partial charge is 0.227 e. The van der Waals surface area contributed by atoms with Crippen molar-refractivity contribution in [1.82, 2.24) is 14.8 Å². The maximum atomic E-state index is 12.8. The molecule has 4 heteroatoms. The molecule has 0 aliphatic carbocycles. The average molecular weight is 323 g/mol. The highest BCUT2D eigenvalue weighted by Gasteiger charge is 2.25. The number of aromatic nitrogens is 1. The van der Waals surface area contributed by atoms with Crippen LogP contribution < -0.4 is 0 Å². The molecule has 1 aromatic carbocycles. The first-order valence-electron chi connectivity index (χ1n) is 8.66. The molecule has 4 nitrogen and oxygen atoms in total. The molecular weight excluding hydrogens is 298 g/mol. The SMILES string of the molecule is CN(C(=O)Cc1cccnc1)C(CN1CCCC1)c1ccccc1. The highest BCUT2D eigenvalue weighted by molar-refractivity contribution is 5.79. The van der Waals surface area contributed by atoms with Gasteiger partial charge in [-0.2, -0.15) is 0 Å². The lowest BCUT2D eigenvalue weighted by Crippen LogP contribution is -2.39.